The number of primary amides is 1. The van der Waals surface area contributed by atoms with Gasteiger partial charge >= 0.3 is 0 Å². The zero-order valence-corrected chi connectivity index (χ0v) is 25.2. The minimum Gasteiger partial charge on any atom is -0.508 e. The Morgan fingerprint density at radius 2 is 1.71 bits per heavy atom. The smallest absolute Gasteiger partial charge is 0.255 e. The molecule has 3 aliphatic carbocycles. The Labute approximate surface area is 245 Å². The van der Waals surface area contributed by atoms with Gasteiger partial charge in [-0.05, 0) is 62.9 Å². The summed E-state index contributed by atoms with van der Waals surface area (Å²) >= 11 is 0. The number of Topliss-reactive ketones (excluding diaryl/α,β-unsaturated/α-hetero) is 3. The molecule has 4 atom stereocenters. The SMILES string of the molecule is CN(C)c1cc(CCCC(=O)C(C)(C)C)c(O)c2c1C[C@H]1C[C@H]3[C@H](N(C)C)C(=O)C(C(N)=O)=C(O)[C@@]3(O)C(=O)C1=C2O. The molecule has 228 valence electrons. The van der Waals surface area contributed by atoms with Gasteiger partial charge in [-0.1, -0.05) is 20.8 Å². The number of ketones is 3. The maximum atomic E-state index is 14.1. The van der Waals surface area contributed by atoms with Crippen LogP contribution in [0.25, 0.3) is 5.76 Å². The summed E-state index contributed by atoms with van der Waals surface area (Å²) in [6, 6.07) is 0.678. The molecule has 0 bridgehead atoms. The highest BCUT2D eigenvalue weighted by atomic mass is 16.3. The lowest BCUT2D eigenvalue weighted by molar-refractivity contribution is -0.153. The Balaban J connectivity index is 1.87. The standard InChI is InChI=1S/C31H41N3O8/c1-30(2,3)19(35)10-8-9-14-13-18(33(4)5)16-11-15-12-17-23(34(6)7)26(38)22(29(32)41)28(40)31(17,42)27(39)20(15)25(37)21(16)24(14)36/h13,15,17,23,36-37,40,42H,8-12H2,1-7H3,(H2,32,41)/t15-,17-,23-,31-/m0/s1. The fourth-order valence-corrected chi connectivity index (χ4v) is 6.75. The number of aryl methyl sites for hydroxylation is 1. The van der Waals surface area contributed by atoms with E-state index in [1.807, 2.05) is 45.8 Å². The second-order valence-electron chi connectivity index (χ2n) is 13.1. The first-order valence-corrected chi connectivity index (χ1v) is 14.1. The van der Waals surface area contributed by atoms with Crippen LogP contribution in [0.4, 0.5) is 5.69 Å². The third-order valence-corrected chi connectivity index (χ3v) is 8.94. The van der Waals surface area contributed by atoms with Crippen molar-refractivity contribution in [2.45, 2.75) is 64.5 Å². The summed E-state index contributed by atoms with van der Waals surface area (Å²) in [6.07, 6.45) is 1.34. The van der Waals surface area contributed by atoms with Crippen LogP contribution in [-0.4, -0.2) is 88.4 Å². The summed E-state index contributed by atoms with van der Waals surface area (Å²) in [5.74, 6) is -6.69. The number of benzene rings is 1. The van der Waals surface area contributed by atoms with Crippen LogP contribution in [0.15, 0.2) is 23.0 Å². The molecule has 1 aromatic rings. The molecule has 0 heterocycles. The minimum atomic E-state index is -2.69. The Morgan fingerprint density at radius 1 is 1.10 bits per heavy atom. The van der Waals surface area contributed by atoms with Gasteiger partial charge in [0.15, 0.2) is 11.4 Å². The topological polar surface area (TPSA) is 182 Å². The summed E-state index contributed by atoms with van der Waals surface area (Å²) in [4.78, 5) is 55.3. The number of carbonyl (C=O) groups is 4. The van der Waals surface area contributed by atoms with Gasteiger partial charge in [-0.2, -0.15) is 0 Å². The van der Waals surface area contributed by atoms with Crippen molar-refractivity contribution in [3.8, 4) is 5.75 Å². The van der Waals surface area contributed by atoms with Gasteiger partial charge in [-0.25, -0.2) is 0 Å². The number of aliphatic hydroxyl groups excluding tert-OH is 2. The van der Waals surface area contributed by atoms with Crippen LogP contribution in [0.3, 0.4) is 0 Å². The average Bonchev–Trinajstić information content (AvgIpc) is 2.86. The van der Waals surface area contributed by atoms with Gasteiger partial charge in [0.1, 0.15) is 28.6 Å². The van der Waals surface area contributed by atoms with E-state index in [-0.39, 0.29) is 35.5 Å². The summed E-state index contributed by atoms with van der Waals surface area (Å²) in [6.45, 7) is 5.54. The van der Waals surface area contributed by atoms with Crippen molar-refractivity contribution in [2.75, 3.05) is 33.1 Å². The van der Waals surface area contributed by atoms with Gasteiger partial charge in [0.05, 0.1) is 11.6 Å². The first-order valence-electron chi connectivity index (χ1n) is 14.1. The van der Waals surface area contributed by atoms with Crippen molar-refractivity contribution in [3.05, 3.63) is 39.7 Å². The second-order valence-corrected chi connectivity index (χ2v) is 13.1. The van der Waals surface area contributed by atoms with E-state index in [2.05, 4.69) is 0 Å². The summed E-state index contributed by atoms with van der Waals surface area (Å²) in [7, 11) is 6.76. The van der Waals surface area contributed by atoms with Crippen molar-refractivity contribution >= 4 is 34.7 Å². The number of hydrogen-bond donors (Lipinski definition) is 5. The predicted molar refractivity (Wildman–Crippen MR) is 156 cm³/mol. The molecule has 11 nitrogen and oxygen atoms in total. The highest BCUT2D eigenvalue weighted by molar-refractivity contribution is 6.24. The largest absolute Gasteiger partial charge is 0.508 e. The van der Waals surface area contributed by atoms with E-state index >= 15 is 0 Å². The number of aromatic hydroxyl groups is 1. The van der Waals surface area contributed by atoms with E-state index < -0.39 is 63.5 Å². The highest BCUT2D eigenvalue weighted by Gasteiger charge is 2.64. The van der Waals surface area contributed by atoms with Gasteiger partial charge in [0, 0.05) is 43.1 Å². The minimum absolute atomic E-state index is 0.0239. The number of aliphatic hydroxyl groups is 3. The van der Waals surface area contributed by atoms with Gasteiger partial charge < -0.3 is 31.1 Å². The van der Waals surface area contributed by atoms with Crippen LogP contribution in [0, 0.1) is 17.3 Å². The zero-order valence-electron chi connectivity index (χ0n) is 25.2. The van der Waals surface area contributed by atoms with Crippen LogP contribution >= 0.6 is 0 Å². The third-order valence-electron chi connectivity index (χ3n) is 8.94. The van der Waals surface area contributed by atoms with Crippen LogP contribution in [0.5, 0.6) is 5.75 Å². The lowest BCUT2D eigenvalue weighted by Gasteiger charge is -2.50. The second kappa shape index (κ2) is 10.5. The van der Waals surface area contributed by atoms with Gasteiger partial charge in [0.25, 0.3) is 5.91 Å². The quantitative estimate of drug-likeness (QED) is 0.298. The van der Waals surface area contributed by atoms with Crippen molar-refractivity contribution in [2.24, 2.45) is 23.0 Å². The van der Waals surface area contributed by atoms with E-state index in [1.165, 1.54) is 4.90 Å². The van der Waals surface area contributed by atoms with Gasteiger partial charge in [0.2, 0.25) is 5.78 Å². The molecule has 1 amide bonds. The summed E-state index contributed by atoms with van der Waals surface area (Å²) in [5.41, 5.74) is 3.01. The first kappa shape index (κ1) is 31.2. The number of nitrogens with two attached hydrogens (primary N) is 1. The number of carbonyl (C=O) groups excluding carboxylic acids is 4. The van der Waals surface area contributed by atoms with Crippen LogP contribution in [0.1, 0.15) is 56.7 Å². The fraction of sp³-hybridized carbons (Fsp3) is 0.548. The molecular weight excluding hydrogens is 542 g/mol. The van der Waals surface area contributed by atoms with Crippen molar-refractivity contribution < 1.29 is 39.6 Å². The zero-order chi connectivity index (χ0) is 31.6. The lowest BCUT2D eigenvalue weighted by atomic mass is 9.57. The van der Waals surface area contributed by atoms with E-state index in [0.717, 1.165) is 0 Å². The molecule has 0 aliphatic heterocycles. The normalized spacial score (nSPS) is 25.8. The van der Waals surface area contributed by atoms with E-state index in [4.69, 9.17) is 5.73 Å². The Kier molecular flexibility index (Phi) is 7.84. The summed E-state index contributed by atoms with van der Waals surface area (Å²) in [5, 5.41) is 45.8. The van der Waals surface area contributed by atoms with E-state index in [0.29, 0.717) is 36.1 Å². The lowest BCUT2D eigenvalue weighted by Crippen LogP contribution is -2.65. The average molecular weight is 584 g/mol. The van der Waals surface area contributed by atoms with Crippen LogP contribution in [0.2, 0.25) is 0 Å². The maximum Gasteiger partial charge on any atom is 0.255 e. The number of amides is 1. The molecule has 1 saturated carbocycles. The maximum absolute atomic E-state index is 14.1. The number of likely N-dealkylation sites (N-methyl/N-ethyl adjacent to an activating group) is 1. The summed E-state index contributed by atoms with van der Waals surface area (Å²) < 4.78 is 0. The molecule has 3 aliphatic rings. The molecule has 0 saturated heterocycles. The number of rotatable bonds is 7. The third kappa shape index (κ3) is 4.68. The molecule has 1 fully saturated rings. The fourth-order valence-electron chi connectivity index (χ4n) is 6.75. The van der Waals surface area contributed by atoms with Crippen molar-refractivity contribution in [3.63, 3.8) is 0 Å². The number of hydrogen-bond acceptors (Lipinski definition) is 10. The molecule has 4 rings (SSSR count). The number of anilines is 1. The van der Waals surface area contributed by atoms with Crippen molar-refractivity contribution in [1.29, 1.82) is 0 Å². The molecular formula is C31H41N3O8. The molecule has 11 heteroatoms. The first-order chi connectivity index (χ1) is 19.3. The Hall–Kier alpha value is -3.70. The monoisotopic (exact) mass is 583 g/mol. The molecule has 0 unspecified atom stereocenters. The number of phenolic OH excluding ortho intramolecular Hbond substituents is 1. The Bertz CT molecular complexity index is 1450. The van der Waals surface area contributed by atoms with Crippen LogP contribution in [-0.2, 0) is 32.0 Å². The molecule has 1 aromatic carbocycles. The molecule has 6 N–H and O–H groups in total. The van der Waals surface area contributed by atoms with Gasteiger partial charge in [-0.3, -0.25) is 24.1 Å². The predicted octanol–water partition coefficient (Wildman–Crippen LogP) is 1.97. The Morgan fingerprint density at radius 3 is 2.24 bits per heavy atom. The number of fused-ring (bicyclic) bond motifs is 3. The van der Waals surface area contributed by atoms with Crippen molar-refractivity contribution in [1.82, 2.24) is 4.90 Å². The molecule has 42 heavy (non-hydrogen) atoms. The highest BCUT2D eigenvalue weighted by Crippen LogP contribution is 2.54. The molecule has 0 radical (unpaired) electrons. The number of nitrogens with zero attached hydrogens (tertiary/aromatic N) is 2. The number of phenols is 1. The molecule has 0 aromatic heterocycles. The van der Waals surface area contributed by atoms with E-state index in [1.54, 1.807) is 14.1 Å². The molecule has 0 spiro atoms. The van der Waals surface area contributed by atoms with Crippen LogP contribution < -0.4 is 10.6 Å². The van der Waals surface area contributed by atoms with E-state index in [9.17, 15) is 39.6 Å². The van der Waals surface area contributed by atoms with Gasteiger partial charge in [-0.15, -0.1) is 0 Å².